The molecule has 0 N–H and O–H groups in total. The maximum Gasteiger partial charge on any atom is 0.0420 e. The van der Waals surface area contributed by atoms with E-state index in [9.17, 15) is 0 Å². The van der Waals surface area contributed by atoms with E-state index in [-0.39, 0.29) is 19.5 Å². The molecule has 0 spiro atoms. The van der Waals surface area contributed by atoms with Crippen LogP contribution in [0.4, 0.5) is 0 Å². The molecular formula is C8H5N2Rh-. The number of fused-ring (bicyclic) bond motifs is 1. The van der Waals surface area contributed by atoms with Gasteiger partial charge in [0.1, 0.15) is 0 Å². The number of hydrogen-bond donors (Lipinski definition) is 0. The average Bonchev–Trinajstić information content (AvgIpc) is 2.05. The summed E-state index contributed by atoms with van der Waals surface area (Å²) in [5.74, 6) is 0. The van der Waals surface area contributed by atoms with E-state index in [1.165, 1.54) is 0 Å². The Kier molecular flexibility index (Phi) is 2.66. The van der Waals surface area contributed by atoms with Crippen LogP contribution >= 0.6 is 0 Å². The average molecular weight is 232 g/mol. The third kappa shape index (κ3) is 1.60. The van der Waals surface area contributed by atoms with E-state index in [0.29, 0.717) is 0 Å². The predicted octanol–water partition coefficient (Wildman–Crippen LogP) is 1.43. The first-order valence-electron chi connectivity index (χ1n) is 3.04. The maximum absolute atomic E-state index is 4.09. The van der Waals surface area contributed by atoms with Crippen molar-refractivity contribution in [3.05, 3.63) is 36.7 Å². The quantitative estimate of drug-likeness (QED) is 0.507. The van der Waals surface area contributed by atoms with E-state index in [1.54, 1.807) is 12.4 Å². The summed E-state index contributed by atoms with van der Waals surface area (Å²) >= 11 is 0. The van der Waals surface area contributed by atoms with Crippen molar-refractivity contribution in [3.8, 4) is 0 Å². The molecule has 2 nitrogen and oxygen atoms in total. The van der Waals surface area contributed by atoms with E-state index in [0.717, 1.165) is 11.0 Å². The molecule has 1 radical (unpaired) electrons. The molecular weight excluding hydrogens is 227 g/mol. The molecule has 11 heavy (non-hydrogen) atoms. The number of para-hydroxylation sites is 1. The van der Waals surface area contributed by atoms with Crippen LogP contribution in [0.5, 0.6) is 0 Å². The summed E-state index contributed by atoms with van der Waals surface area (Å²) in [4.78, 5) is 8.15. The Balaban J connectivity index is 0.000000605. The maximum atomic E-state index is 4.09. The predicted molar refractivity (Wildman–Crippen MR) is 38.4 cm³/mol. The standard InChI is InChI=1S/C8H5N2.Rh/c1-2-4-8-7(3-1)9-5-6-10-8;/h1-3,5-6H;/q-1;. The summed E-state index contributed by atoms with van der Waals surface area (Å²) in [7, 11) is 0. The van der Waals surface area contributed by atoms with E-state index in [4.69, 9.17) is 0 Å². The fourth-order valence-electron chi connectivity index (χ4n) is 0.848. The van der Waals surface area contributed by atoms with Crippen molar-refractivity contribution in [3.63, 3.8) is 0 Å². The molecule has 0 bridgehead atoms. The van der Waals surface area contributed by atoms with Gasteiger partial charge >= 0.3 is 0 Å². The molecule has 1 aromatic heterocycles. The Morgan fingerprint density at radius 1 is 1.18 bits per heavy atom. The molecule has 1 heterocycles. The van der Waals surface area contributed by atoms with Crippen molar-refractivity contribution in [1.82, 2.24) is 9.97 Å². The number of hydrogen-bond acceptors (Lipinski definition) is 2. The van der Waals surface area contributed by atoms with Crippen molar-refractivity contribution < 1.29 is 19.5 Å². The van der Waals surface area contributed by atoms with Gasteiger partial charge in [0.15, 0.2) is 0 Å². The zero-order valence-corrected chi connectivity index (χ0v) is 7.25. The Hall–Kier alpha value is -0.817. The first kappa shape index (κ1) is 8.28. The molecule has 0 fully saturated rings. The van der Waals surface area contributed by atoms with Crippen LogP contribution < -0.4 is 0 Å². The van der Waals surface area contributed by atoms with Crippen LogP contribution in [0.15, 0.2) is 30.6 Å². The summed E-state index contributed by atoms with van der Waals surface area (Å²) < 4.78 is 0. The van der Waals surface area contributed by atoms with Crippen LogP contribution in [0.25, 0.3) is 11.0 Å². The Morgan fingerprint density at radius 2 is 2.00 bits per heavy atom. The number of nitrogens with zero attached hydrogens (tertiary/aromatic N) is 2. The largest absolute Gasteiger partial charge is 0.318 e. The van der Waals surface area contributed by atoms with Crippen molar-refractivity contribution in [2.24, 2.45) is 0 Å². The topological polar surface area (TPSA) is 25.8 Å². The van der Waals surface area contributed by atoms with E-state index in [1.807, 2.05) is 18.2 Å². The van der Waals surface area contributed by atoms with Crippen LogP contribution in [-0.4, -0.2) is 9.97 Å². The van der Waals surface area contributed by atoms with Crippen LogP contribution in [0, 0.1) is 6.07 Å². The summed E-state index contributed by atoms with van der Waals surface area (Å²) in [5.41, 5.74) is 1.72. The zero-order chi connectivity index (χ0) is 6.81. The van der Waals surface area contributed by atoms with Gasteiger partial charge in [-0.05, 0) is 11.0 Å². The molecule has 0 aliphatic heterocycles. The molecule has 2 aromatic rings. The van der Waals surface area contributed by atoms with Crippen molar-refractivity contribution in [2.75, 3.05) is 0 Å². The monoisotopic (exact) mass is 232 g/mol. The Morgan fingerprint density at radius 3 is 2.82 bits per heavy atom. The fraction of sp³-hybridized carbons (Fsp3) is 0. The Bertz CT molecular complexity index is 283. The second-order valence-electron chi connectivity index (χ2n) is 1.96. The fourth-order valence-corrected chi connectivity index (χ4v) is 0.848. The molecule has 0 saturated carbocycles. The third-order valence-electron chi connectivity index (χ3n) is 1.30. The number of aromatic nitrogens is 2. The Labute approximate surface area is 77.4 Å². The molecule has 0 aliphatic carbocycles. The minimum Gasteiger partial charge on any atom is -0.318 e. The second-order valence-corrected chi connectivity index (χ2v) is 1.96. The first-order chi connectivity index (χ1) is 4.97. The third-order valence-corrected chi connectivity index (χ3v) is 1.30. The molecule has 0 amide bonds. The van der Waals surface area contributed by atoms with Gasteiger partial charge in [-0.25, -0.2) is 0 Å². The smallest absolute Gasteiger partial charge is 0.0420 e. The zero-order valence-electron chi connectivity index (χ0n) is 5.61. The van der Waals surface area contributed by atoms with Crippen molar-refractivity contribution >= 4 is 11.0 Å². The van der Waals surface area contributed by atoms with Gasteiger partial charge in [0.2, 0.25) is 0 Å². The van der Waals surface area contributed by atoms with Gasteiger partial charge in [-0.15, -0.1) is 6.07 Å². The number of rotatable bonds is 0. The molecule has 0 aliphatic rings. The van der Waals surface area contributed by atoms with Crippen LogP contribution in [0.1, 0.15) is 0 Å². The summed E-state index contributed by atoms with van der Waals surface area (Å²) in [6.45, 7) is 0. The van der Waals surface area contributed by atoms with Crippen LogP contribution in [0.3, 0.4) is 0 Å². The van der Waals surface area contributed by atoms with Gasteiger partial charge in [0.25, 0.3) is 0 Å². The SMILES string of the molecule is [Rh].[c-]1cccc2nccnc12. The summed E-state index contributed by atoms with van der Waals surface area (Å²) in [6.07, 6.45) is 3.34. The van der Waals surface area contributed by atoms with Crippen molar-refractivity contribution in [2.45, 2.75) is 0 Å². The second kappa shape index (κ2) is 3.54. The molecule has 0 saturated heterocycles. The van der Waals surface area contributed by atoms with Gasteiger partial charge in [-0.3, -0.25) is 4.98 Å². The molecule has 0 atom stereocenters. The van der Waals surface area contributed by atoms with E-state index in [2.05, 4.69) is 16.0 Å². The molecule has 1 aromatic carbocycles. The minimum absolute atomic E-state index is 0. The first-order valence-corrected chi connectivity index (χ1v) is 3.04. The molecule has 57 valence electrons. The van der Waals surface area contributed by atoms with Crippen molar-refractivity contribution in [1.29, 1.82) is 0 Å². The number of benzene rings is 1. The van der Waals surface area contributed by atoms with Crippen LogP contribution in [-0.2, 0) is 19.5 Å². The summed E-state index contributed by atoms with van der Waals surface area (Å²) in [5, 5.41) is 0. The van der Waals surface area contributed by atoms with Gasteiger partial charge in [-0.2, -0.15) is 18.2 Å². The summed E-state index contributed by atoms with van der Waals surface area (Å²) in [6, 6.07) is 8.62. The minimum atomic E-state index is 0. The van der Waals surface area contributed by atoms with Gasteiger partial charge in [-0.1, -0.05) is 0 Å². The van der Waals surface area contributed by atoms with Gasteiger partial charge in [0, 0.05) is 31.9 Å². The van der Waals surface area contributed by atoms with Gasteiger partial charge < -0.3 is 4.98 Å². The molecule has 3 heteroatoms. The van der Waals surface area contributed by atoms with E-state index >= 15 is 0 Å². The molecule has 2 rings (SSSR count). The van der Waals surface area contributed by atoms with Crippen LogP contribution in [0.2, 0.25) is 0 Å². The van der Waals surface area contributed by atoms with E-state index < -0.39 is 0 Å². The van der Waals surface area contributed by atoms with Gasteiger partial charge in [0.05, 0.1) is 0 Å². The molecule has 0 unspecified atom stereocenters. The normalized spacial score (nSPS) is 9.09.